The number of ether oxygens (including phenoxy) is 4. The molecule has 2 rings (SSSR count). The molecular formula is C21H35N3O4. The van der Waals surface area contributed by atoms with E-state index in [1.165, 1.54) is 0 Å². The SMILES string of the molecule is CCNC(=NCc1ccc(OCCOC)cc1)NCCCOCC1CCOC1. The highest BCUT2D eigenvalue weighted by Crippen LogP contribution is 2.13. The standard InChI is InChI=1S/C21H35N3O4/c1-3-22-21(23-10-4-11-26-16-19-9-12-27-17-19)24-15-18-5-7-20(8-6-18)28-14-13-25-2/h5-8,19H,3-4,9-17H2,1-2H3,(H2,22,23,24). The van der Waals surface area contributed by atoms with E-state index < -0.39 is 0 Å². The van der Waals surface area contributed by atoms with Crippen molar-refractivity contribution in [2.75, 3.05) is 59.8 Å². The summed E-state index contributed by atoms with van der Waals surface area (Å²) < 4.78 is 21.7. The molecule has 158 valence electrons. The first-order valence-corrected chi connectivity index (χ1v) is 10.2. The molecule has 1 aromatic rings. The molecule has 0 amide bonds. The van der Waals surface area contributed by atoms with Crippen molar-refractivity contribution in [3.05, 3.63) is 29.8 Å². The number of nitrogens with zero attached hydrogens (tertiary/aromatic N) is 1. The van der Waals surface area contributed by atoms with Crippen molar-refractivity contribution in [2.45, 2.75) is 26.3 Å². The van der Waals surface area contributed by atoms with Crippen LogP contribution >= 0.6 is 0 Å². The van der Waals surface area contributed by atoms with E-state index in [0.29, 0.717) is 25.7 Å². The molecule has 7 nitrogen and oxygen atoms in total. The third-order valence-electron chi connectivity index (χ3n) is 4.38. The predicted molar refractivity (Wildman–Crippen MR) is 111 cm³/mol. The van der Waals surface area contributed by atoms with Crippen molar-refractivity contribution in [3.63, 3.8) is 0 Å². The highest BCUT2D eigenvalue weighted by atomic mass is 16.5. The smallest absolute Gasteiger partial charge is 0.191 e. The highest BCUT2D eigenvalue weighted by Gasteiger charge is 2.15. The third-order valence-corrected chi connectivity index (χ3v) is 4.38. The molecule has 1 aliphatic heterocycles. The number of methoxy groups -OCH3 is 1. The number of rotatable bonds is 13. The summed E-state index contributed by atoms with van der Waals surface area (Å²) >= 11 is 0. The van der Waals surface area contributed by atoms with Gasteiger partial charge in [0.25, 0.3) is 0 Å². The Bertz CT molecular complexity index is 545. The molecule has 0 aromatic heterocycles. The Hall–Kier alpha value is -1.83. The van der Waals surface area contributed by atoms with Crippen molar-refractivity contribution < 1.29 is 18.9 Å². The summed E-state index contributed by atoms with van der Waals surface area (Å²) in [6.45, 7) is 8.77. The second-order valence-electron chi connectivity index (χ2n) is 6.77. The van der Waals surface area contributed by atoms with Gasteiger partial charge in [0.05, 0.1) is 26.4 Å². The number of aliphatic imine (C=N–C) groups is 1. The molecule has 7 heteroatoms. The predicted octanol–water partition coefficient (Wildman–Crippen LogP) is 2.21. The molecule has 0 bridgehead atoms. The first-order chi connectivity index (χ1) is 13.8. The molecule has 1 heterocycles. The molecule has 0 radical (unpaired) electrons. The first kappa shape index (κ1) is 22.5. The van der Waals surface area contributed by atoms with Crippen LogP contribution in [-0.4, -0.2) is 65.8 Å². The van der Waals surface area contributed by atoms with Gasteiger partial charge in [0.1, 0.15) is 12.4 Å². The van der Waals surface area contributed by atoms with Gasteiger partial charge in [-0.3, -0.25) is 0 Å². The normalized spacial score (nSPS) is 16.9. The van der Waals surface area contributed by atoms with Crippen molar-refractivity contribution >= 4 is 5.96 Å². The van der Waals surface area contributed by atoms with E-state index >= 15 is 0 Å². The summed E-state index contributed by atoms with van der Waals surface area (Å²) in [7, 11) is 1.67. The van der Waals surface area contributed by atoms with Crippen LogP contribution in [0.4, 0.5) is 0 Å². The van der Waals surface area contributed by atoms with E-state index in [1.807, 2.05) is 24.3 Å². The van der Waals surface area contributed by atoms with Gasteiger partial charge in [-0.2, -0.15) is 0 Å². The summed E-state index contributed by atoms with van der Waals surface area (Å²) in [6, 6.07) is 8.01. The molecular weight excluding hydrogens is 358 g/mol. The maximum Gasteiger partial charge on any atom is 0.191 e. The van der Waals surface area contributed by atoms with Crippen LogP contribution in [0.25, 0.3) is 0 Å². The van der Waals surface area contributed by atoms with Crippen LogP contribution in [0.15, 0.2) is 29.3 Å². The zero-order chi connectivity index (χ0) is 19.9. The number of hydrogen-bond donors (Lipinski definition) is 2. The molecule has 1 fully saturated rings. The van der Waals surface area contributed by atoms with Crippen LogP contribution in [0.3, 0.4) is 0 Å². The van der Waals surface area contributed by atoms with Gasteiger partial charge in [-0.05, 0) is 37.5 Å². The van der Waals surface area contributed by atoms with Gasteiger partial charge in [0.2, 0.25) is 0 Å². The minimum Gasteiger partial charge on any atom is -0.491 e. The Morgan fingerprint density at radius 3 is 2.75 bits per heavy atom. The number of benzene rings is 1. The minimum atomic E-state index is 0.556. The monoisotopic (exact) mass is 393 g/mol. The van der Waals surface area contributed by atoms with E-state index in [2.05, 4.69) is 22.5 Å². The molecule has 0 saturated carbocycles. The van der Waals surface area contributed by atoms with E-state index in [9.17, 15) is 0 Å². The summed E-state index contributed by atoms with van der Waals surface area (Å²) in [5.74, 6) is 2.25. The van der Waals surface area contributed by atoms with Gasteiger partial charge in [0.15, 0.2) is 5.96 Å². The quantitative estimate of drug-likeness (QED) is 0.304. The van der Waals surface area contributed by atoms with Gasteiger partial charge >= 0.3 is 0 Å². The fraction of sp³-hybridized carbons (Fsp3) is 0.667. The molecule has 28 heavy (non-hydrogen) atoms. The maximum absolute atomic E-state index is 5.73. The average Bonchev–Trinajstić information content (AvgIpc) is 3.23. The number of hydrogen-bond acceptors (Lipinski definition) is 5. The Balaban J connectivity index is 1.64. The van der Waals surface area contributed by atoms with Gasteiger partial charge < -0.3 is 29.6 Å². The Morgan fingerprint density at radius 2 is 2.04 bits per heavy atom. The van der Waals surface area contributed by atoms with Crippen LogP contribution in [-0.2, 0) is 20.8 Å². The molecule has 0 spiro atoms. The van der Waals surface area contributed by atoms with Crippen molar-refractivity contribution in [1.82, 2.24) is 10.6 Å². The molecule has 1 saturated heterocycles. The van der Waals surface area contributed by atoms with Crippen LogP contribution in [0.5, 0.6) is 5.75 Å². The Morgan fingerprint density at radius 1 is 1.18 bits per heavy atom. The van der Waals surface area contributed by atoms with Crippen molar-refractivity contribution in [3.8, 4) is 5.75 Å². The fourth-order valence-electron chi connectivity index (χ4n) is 2.79. The Kier molecular flexibility index (Phi) is 11.4. The lowest BCUT2D eigenvalue weighted by Gasteiger charge is -2.12. The van der Waals surface area contributed by atoms with E-state index in [1.54, 1.807) is 7.11 Å². The molecule has 1 aliphatic rings. The number of nitrogens with one attached hydrogen (secondary N) is 2. The van der Waals surface area contributed by atoms with Gasteiger partial charge in [-0.1, -0.05) is 12.1 Å². The summed E-state index contributed by atoms with van der Waals surface area (Å²) in [6.07, 6.45) is 2.07. The van der Waals surface area contributed by atoms with Crippen molar-refractivity contribution in [1.29, 1.82) is 0 Å². The fourth-order valence-corrected chi connectivity index (χ4v) is 2.79. The lowest BCUT2D eigenvalue weighted by atomic mass is 10.1. The van der Waals surface area contributed by atoms with Gasteiger partial charge in [-0.15, -0.1) is 0 Å². The molecule has 0 aliphatic carbocycles. The second kappa shape index (κ2) is 14.2. The van der Waals surface area contributed by atoms with Gasteiger partial charge in [-0.25, -0.2) is 4.99 Å². The maximum atomic E-state index is 5.73. The summed E-state index contributed by atoms with van der Waals surface area (Å²) in [5.41, 5.74) is 1.14. The lowest BCUT2D eigenvalue weighted by molar-refractivity contribution is 0.0888. The summed E-state index contributed by atoms with van der Waals surface area (Å²) in [5, 5.41) is 6.64. The van der Waals surface area contributed by atoms with Crippen LogP contribution in [0, 0.1) is 5.92 Å². The average molecular weight is 394 g/mol. The van der Waals surface area contributed by atoms with Crippen LogP contribution in [0.1, 0.15) is 25.3 Å². The second-order valence-corrected chi connectivity index (χ2v) is 6.77. The van der Waals surface area contributed by atoms with E-state index in [4.69, 9.17) is 18.9 Å². The van der Waals surface area contributed by atoms with Crippen LogP contribution < -0.4 is 15.4 Å². The Labute approximate surface area is 168 Å². The molecule has 2 N–H and O–H groups in total. The van der Waals surface area contributed by atoms with E-state index in [-0.39, 0.29) is 0 Å². The van der Waals surface area contributed by atoms with Crippen LogP contribution in [0.2, 0.25) is 0 Å². The molecule has 1 atom stereocenters. The minimum absolute atomic E-state index is 0.556. The zero-order valence-corrected chi connectivity index (χ0v) is 17.2. The summed E-state index contributed by atoms with van der Waals surface area (Å²) in [4.78, 5) is 4.65. The third kappa shape index (κ3) is 9.39. The lowest BCUT2D eigenvalue weighted by Crippen LogP contribution is -2.38. The first-order valence-electron chi connectivity index (χ1n) is 10.2. The topological polar surface area (TPSA) is 73.3 Å². The molecule has 1 aromatic carbocycles. The van der Waals surface area contributed by atoms with Gasteiger partial charge in [0, 0.05) is 39.3 Å². The highest BCUT2D eigenvalue weighted by molar-refractivity contribution is 5.79. The molecule has 1 unspecified atom stereocenters. The number of guanidine groups is 1. The largest absolute Gasteiger partial charge is 0.491 e. The zero-order valence-electron chi connectivity index (χ0n) is 17.2. The van der Waals surface area contributed by atoms with E-state index in [0.717, 1.165) is 69.6 Å². The van der Waals surface area contributed by atoms with Crippen molar-refractivity contribution in [2.24, 2.45) is 10.9 Å².